The van der Waals surface area contributed by atoms with E-state index in [1.807, 2.05) is 12.1 Å². The second-order valence-electron chi connectivity index (χ2n) is 5.83. The molecule has 2 heterocycles. The van der Waals surface area contributed by atoms with Gasteiger partial charge in [-0.25, -0.2) is 0 Å². The highest BCUT2D eigenvalue weighted by molar-refractivity contribution is 6.03. The van der Waals surface area contributed by atoms with Gasteiger partial charge in [0.15, 0.2) is 6.10 Å². The number of aromatic nitrogens is 1. The number of carbonyl (C=O) groups excluding carboxylic acids is 2. The lowest BCUT2D eigenvalue weighted by molar-refractivity contribution is -0.132. The van der Waals surface area contributed by atoms with Crippen LogP contribution in [0.1, 0.15) is 18.4 Å². The fourth-order valence-corrected chi connectivity index (χ4v) is 2.60. The predicted octanol–water partition coefficient (Wildman–Crippen LogP) is 1.76. The van der Waals surface area contributed by atoms with Crippen molar-refractivity contribution in [3.05, 3.63) is 41.8 Å². The van der Waals surface area contributed by atoms with Crippen molar-refractivity contribution in [3.8, 4) is 5.75 Å². The highest BCUT2D eigenvalue weighted by Gasteiger charge is 2.33. The molecule has 0 bridgehead atoms. The highest BCUT2D eigenvalue weighted by atomic mass is 16.5. The van der Waals surface area contributed by atoms with Gasteiger partial charge in [-0.2, -0.15) is 0 Å². The maximum absolute atomic E-state index is 12.5. The van der Waals surface area contributed by atoms with E-state index >= 15 is 0 Å². The predicted molar refractivity (Wildman–Crippen MR) is 86.6 cm³/mol. The third-order valence-electron chi connectivity index (χ3n) is 3.87. The Morgan fingerprint density at radius 3 is 2.83 bits per heavy atom. The quantitative estimate of drug-likeness (QED) is 0.854. The first kappa shape index (κ1) is 16.0. The summed E-state index contributed by atoms with van der Waals surface area (Å²) >= 11 is 0. The summed E-state index contributed by atoms with van der Waals surface area (Å²) in [6, 6.07) is 8.98. The number of amides is 2. The number of ether oxygens (including phenoxy) is 1. The standard InChI is InChI=1S/C17H19N3O4/c1-11-8-13(18-24-11)9-19(3)16(21)10-20-14-6-4-5-7-15(14)23-12(2)17(20)22/h4-8,12H,9-10H2,1-3H3/t12-/m0/s1. The molecule has 2 amide bonds. The number of para-hydroxylation sites is 2. The van der Waals surface area contributed by atoms with Gasteiger partial charge in [0.25, 0.3) is 5.91 Å². The first-order valence-electron chi connectivity index (χ1n) is 7.69. The molecule has 1 aliphatic rings. The zero-order chi connectivity index (χ0) is 17.3. The molecule has 0 N–H and O–H groups in total. The summed E-state index contributed by atoms with van der Waals surface area (Å²) in [6.45, 7) is 3.75. The third kappa shape index (κ3) is 3.10. The van der Waals surface area contributed by atoms with E-state index in [0.29, 0.717) is 29.4 Å². The highest BCUT2D eigenvalue weighted by Crippen LogP contribution is 2.33. The Hall–Kier alpha value is -2.83. The molecule has 0 saturated heterocycles. The largest absolute Gasteiger partial charge is 0.479 e. The van der Waals surface area contributed by atoms with Crippen molar-refractivity contribution in [2.45, 2.75) is 26.5 Å². The van der Waals surface area contributed by atoms with Crippen LogP contribution in [0.4, 0.5) is 5.69 Å². The smallest absolute Gasteiger partial charge is 0.268 e. The number of benzene rings is 1. The minimum atomic E-state index is -0.615. The molecule has 1 aromatic carbocycles. The lowest BCUT2D eigenvalue weighted by Gasteiger charge is -2.33. The molecule has 7 nitrogen and oxygen atoms in total. The number of aryl methyl sites for hydroxylation is 1. The molecule has 0 unspecified atom stereocenters. The average Bonchev–Trinajstić information content (AvgIpc) is 2.96. The van der Waals surface area contributed by atoms with Crippen molar-refractivity contribution in [2.75, 3.05) is 18.5 Å². The van der Waals surface area contributed by atoms with E-state index < -0.39 is 6.10 Å². The summed E-state index contributed by atoms with van der Waals surface area (Å²) < 4.78 is 10.6. The molecular formula is C17H19N3O4. The van der Waals surface area contributed by atoms with Crippen LogP contribution in [0.3, 0.4) is 0 Å². The van der Waals surface area contributed by atoms with Crippen LogP contribution >= 0.6 is 0 Å². The maximum Gasteiger partial charge on any atom is 0.268 e. The lowest BCUT2D eigenvalue weighted by Crippen LogP contribution is -2.48. The van der Waals surface area contributed by atoms with Gasteiger partial charge in [0.2, 0.25) is 5.91 Å². The second kappa shape index (κ2) is 6.35. The molecule has 1 aromatic heterocycles. The van der Waals surface area contributed by atoms with Crippen LogP contribution < -0.4 is 9.64 Å². The van der Waals surface area contributed by atoms with Crippen molar-refractivity contribution in [3.63, 3.8) is 0 Å². The Morgan fingerprint density at radius 1 is 1.38 bits per heavy atom. The van der Waals surface area contributed by atoms with Crippen LogP contribution in [0, 0.1) is 6.92 Å². The third-order valence-corrected chi connectivity index (χ3v) is 3.87. The monoisotopic (exact) mass is 329 g/mol. The molecule has 3 rings (SSSR count). The van der Waals surface area contributed by atoms with Gasteiger partial charge in [-0.05, 0) is 26.0 Å². The van der Waals surface area contributed by atoms with E-state index in [1.165, 1.54) is 9.80 Å². The molecule has 1 aliphatic heterocycles. The average molecular weight is 329 g/mol. The minimum absolute atomic E-state index is 0.0448. The summed E-state index contributed by atoms with van der Waals surface area (Å²) in [7, 11) is 1.67. The summed E-state index contributed by atoms with van der Waals surface area (Å²) in [5.41, 5.74) is 1.28. The number of carbonyl (C=O) groups is 2. The SMILES string of the molecule is Cc1cc(CN(C)C(=O)CN2C(=O)[C@H](C)Oc3ccccc32)no1. The number of anilines is 1. The van der Waals surface area contributed by atoms with Crippen molar-refractivity contribution in [1.29, 1.82) is 0 Å². The van der Waals surface area contributed by atoms with E-state index in [9.17, 15) is 9.59 Å². The fourth-order valence-electron chi connectivity index (χ4n) is 2.60. The van der Waals surface area contributed by atoms with E-state index in [1.54, 1.807) is 39.1 Å². The molecular weight excluding hydrogens is 310 g/mol. The molecule has 126 valence electrons. The summed E-state index contributed by atoms with van der Waals surface area (Å²) in [4.78, 5) is 27.9. The molecule has 24 heavy (non-hydrogen) atoms. The van der Waals surface area contributed by atoms with E-state index in [0.717, 1.165) is 0 Å². The van der Waals surface area contributed by atoms with Gasteiger partial charge in [-0.15, -0.1) is 0 Å². The fraction of sp³-hybridized carbons (Fsp3) is 0.353. The van der Waals surface area contributed by atoms with Crippen molar-refractivity contribution >= 4 is 17.5 Å². The molecule has 0 aliphatic carbocycles. The maximum atomic E-state index is 12.5. The van der Waals surface area contributed by atoms with Gasteiger partial charge in [0.1, 0.15) is 23.7 Å². The number of rotatable bonds is 4. The Labute approximate surface area is 139 Å². The first-order chi connectivity index (χ1) is 11.5. The van der Waals surface area contributed by atoms with Gasteiger partial charge in [0.05, 0.1) is 12.2 Å². The van der Waals surface area contributed by atoms with Crippen molar-refractivity contribution in [1.82, 2.24) is 10.1 Å². The van der Waals surface area contributed by atoms with Crippen molar-refractivity contribution < 1.29 is 18.8 Å². The number of fused-ring (bicyclic) bond motifs is 1. The van der Waals surface area contributed by atoms with Gasteiger partial charge in [0, 0.05) is 13.1 Å². The van der Waals surface area contributed by atoms with Crippen LogP contribution in [0.2, 0.25) is 0 Å². The normalized spacial score (nSPS) is 16.5. The Bertz CT molecular complexity index is 771. The van der Waals surface area contributed by atoms with Crippen LogP contribution in [0.15, 0.2) is 34.9 Å². The van der Waals surface area contributed by atoms with E-state index in [2.05, 4.69) is 5.16 Å². The summed E-state index contributed by atoms with van der Waals surface area (Å²) in [5, 5.41) is 3.88. The van der Waals surface area contributed by atoms with E-state index in [4.69, 9.17) is 9.26 Å². The molecule has 1 atom stereocenters. The molecule has 0 fully saturated rings. The number of nitrogens with zero attached hydrogens (tertiary/aromatic N) is 3. The van der Waals surface area contributed by atoms with Crippen LogP contribution in [0.5, 0.6) is 5.75 Å². The topological polar surface area (TPSA) is 75.9 Å². The Balaban J connectivity index is 1.74. The van der Waals surface area contributed by atoms with Crippen LogP contribution in [-0.4, -0.2) is 41.6 Å². The minimum Gasteiger partial charge on any atom is -0.479 e. The molecule has 0 saturated carbocycles. The van der Waals surface area contributed by atoms with Gasteiger partial charge in [-0.3, -0.25) is 14.5 Å². The van der Waals surface area contributed by atoms with Gasteiger partial charge in [-0.1, -0.05) is 17.3 Å². The zero-order valence-electron chi connectivity index (χ0n) is 13.9. The first-order valence-corrected chi connectivity index (χ1v) is 7.69. The van der Waals surface area contributed by atoms with Crippen molar-refractivity contribution in [2.24, 2.45) is 0 Å². The molecule has 2 aromatic rings. The van der Waals surface area contributed by atoms with Gasteiger partial charge >= 0.3 is 0 Å². The number of hydrogen-bond donors (Lipinski definition) is 0. The molecule has 0 radical (unpaired) electrons. The van der Waals surface area contributed by atoms with Crippen LogP contribution in [-0.2, 0) is 16.1 Å². The van der Waals surface area contributed by atoms with E-state index in [-0.39, 0.29) is 18.4 Å². The molecule has 0 spiro atoms. The Morgan fingerprint density at radius 2 is 2.12 bits per heavy atom. The van der Waals surface area contributed by atoms with Gasteiger partial charge < -0.3 is 14.2 Å². The zero-order valence-corrected chi connectivity index (χ0v) is 13.9. The summed E-state index contributed by atoms with van der Waals surface area (Å²) in [5.74, 6) is 0.879. The molecule has 7 heteroatoms. The Kier molecular flexibility index (Phi) is 4.24. The second-order valence-corrected chi connectivity index (χ2v) is 5.83. The van der Waals surface area contributed by atoms with Crippen LogP contribution in [0.25, 0.3) is 0 Å². The number of likely N-dealkylation sites (N-methyl/N-ethyl adjacent to an activating group) is 1. The lowest BCUT2D eigenvalue weighted by atomic mass is 10.2. The number of hydrogen-bond acceptors (Lipinski definition) is 5. The summed E-state index contributed by atoms with van der Waals surface area (Å²) in [6.07, 6.45) is -0.615.